The molecule has 0 bridgehead atoms. The summed E-state index contributed by atoms with van der Waals surface area (Å²) in [6.45, 7) is 2.18. The van der Waals surface area contributed by atoms with Gasteiger partial charge in [-0.2, -0.15) is 0 Å². The molecule has 0 atom stereocenters. The van der Waals surface area contributed by atoms with E-state index in [0.29, 0.717) is 23.8 Å². The van der Waals surface area contributed by atoms with Gasteiger partial charge in [0.15, 0.2) is 0 Å². The fourth-order valence-corrected chi connectivity index (χ4v) is 2.57. The van der Waals surface area contributed by atoms with Gasteiger partial charge < -0.3 is 5.32 Å². The number of carbonyl (C=O) groups is 1. The van der Waals surface area contributed by atoms with Gasteiger partial charge in [-0.15, -0.1) is 0 Å². The standard InChI is InChI=1S/C14H19ClN2O/c15-14-10-17-8-5-12(14)9-13(18)2-1-11-3-6-16-7-4-11/h5,8,10-11,16H,1-4,6-7,9H2. The number of nitrogens with one attached hydrogen (secondary N) is 1. The number of aromatic nitrogens is 1. The van der Waals surface area contributed by atoms with E-state index < -0.39 is 0 Å². The van der Waals surface area contributed by atoms with Crippen molar-refractivity contribution in [2.45, 2.75) is 32.1 Å². The summed E-state index contributed by atoms with van der Waals surface area (Å²) >= 11 is 5.99. The van der Waals surface area contributed by atoms with Gasteiger partial charge in [0.25, 0.3) is 0 Å². The number of hydrogen-bond donors (Lipinski definition) is 1. The van der Waals surface area contributed by atoms with Crippen molar-refractivity contribution in [3.63, 3.8) is 0 Å². The summed E-state index contributed by atoms with van der Waals surface area (Å²) in [5.41, 5.74) is 0.891. The lowest BCUT2D eigenvalue weighted by atomic mass is 9.91. The van der Waals surface area contributed by atoms with Crippen LogP contribution in [0.4, 0.5) is 0 Å². The second-order valence-electron chi connectivity index (χ2n) is 4.91. The molecule has 4 heteroatoms. The number of carbonyl (C=O) groups excluding carboxylic acids is 1. The first-order valence-corrected chi connectivity index (χ1v) is 6.94. The average Bonchev–Trinajstić information content (AvgIpc) is 2.40. The zero-order valence-electron chi connectivity index (χ0n) is 10.5. The molecule has 1 N–H and O–H groups in total. The van der Waals surface area contributed by atoms with Crippen molar-refractivity contribution in [2.75, 3.05) is 13.1 Å². The Morgan fingerprint density at radius 1 is 1.44 bits per heavy atom. The summed E-state index contributed by atoms with van der Waals surface area (Å²) in [6, 6.07) is 1.82. The van der Waals surface area contributed by atoms with Crippen molar-refractivity contribution < 1.29 is 4.79 Å². The molecule has 18 heavy (non-hydrogen) atoms. The maximum absolute atomic E-state index is 11.9. The molecule has 1 aromatic rings. The van der Waals surface area contributed by atoms with Crippen LogP contribution in [0.3, 0.4) is 0 Å². The fraction of sp³-hybridized carbons (Fsp3) is 0.571. The summed E-state index contributed by atoms with van der Waals surface area (Å²) in [5, 5.41) is 3.93. The van der Waals surface area contributed by atoms with E-state index in [1.165, 1.54) is 12.8 Å². The summed E-state index contributed by atoms with van der Waals surface area (Å²) in [4.78, 5) is 15.8. The molecule has 0 unspecified atom stereocenters. The maximum Gasteiger partial charge on any atom is 0.137 e. The molecule has 2 rings (SSSR count). The molecule has 0 amide bonds. The Hall–Kier alpha value is -0.930. The Morgan fingerprint density at radius 2 is 2.22 bits per heavy atom. The van der Waals surface area contributed by atoms with Crippen molar-refractivity contribution in [3.8, 4) is 0 Å². The van der Waals surface area contributed by atoms with E-state index in [-0.39, 0.29) is 5.78 Å². The molecule has 0 aromatic carbocycles. The van der Waals surface area contributed by atoms with Crippen molar-refractivity contribution >= 4 is 17.4 Å². The first kappa shape index (κ1) is 13.5. The largest absolute Gasteiger partial charge is 0.317 e. The molecule has 0 spiro atoms. The van der Waals surface area contributed by atoms with Crippen LogP contribution in [0.15, 0.2) is 18.5 Å². The normalized spacial score (nSPS) is 16.7. The van der Waals surface area contributed by atoms with Gasteiger partial charge in [0.2, 0.25) is 0 Å². The van der Waals surface area contributed by atoms with Crippen molar-refractivity contribution in [1.29, 1.82) is 0 Å². The lowest BCUT2D eigenvalue weighted by molar-refractivity contribution is -0.118. The Bertz CT molecular complexity index is 403. The summed E-state index contributed by atoms with van der Waals surface area (Å²) in [5.74, 6) is 0.991. The van der Waals surface area contributed by atoms with E-state index in [0.717, 1.165) is 25.1 Å². The minimum Gasteiger partial charge on any atom is -0.317 e. The SMILES string of the molecule is O=C(CCC1CCNCC1)Cc1ccncc1Cl. The van der Waals surface area contributed by atoms with Gasteiger partial charge in [0, 0.05) is 25.2 Å². The maximum atomic E-state index is 11.9. The molecular formula is C14H19ClN2O. The monoisotopic (exact) mass is 266 g/mol. The molecule has 1 aromatic heterocycles. The molecule has 1 aliphatic heterocycles. The van der Waals surface area contributed by atoms with Crippen LogP contribution in [0.2, 0.25) is 5.02 Å². The van der Waals surface area contributed by atoms with Crippen LogP contribution in [0.5, 0.6) is 0 Å². The predicted octanol–water partition coefficient (Wildman–Crippen LogP) is 2.63. The van der Waals surface area contributed by atoms with E-state index in [9.17, 15) is 4.79 Å². The highest BCUT2D eigenvalue weighted by molar-refractivity contribution is 6.31. The van der Waals surface area contributed by atoms with Gasteiger partial charge in [-0.3, -0.25) is 9.78 Å². The van der Waals surface area contributed by atoms with Crippen molar-refractivity contribution in [3.05, 3.63) is 29.0 Å². The number of rotatable bonds is 5. The van der Waals surface area contributed by atoms with E-state index in [4.69, 9.17) is 11.6 Å². The van der Waals surface area contributed by atoms with E-state index in [1.807, 2.05) is 6.07 Å². The van der Waals surface area contributed by atoms with E-state index in [2.05, 4.69) is 10.3 Å². The van der Waals surface area contributed by atoms with E-state index in [1.54, 1.807) is 12.4 Å². The van der Waals surface area contributed by atoms with Crippen LogP contribution in [0.1, 0.15) is 31.2 Å². The van der Waals surface area contributed by atoms with Gasteiger partial charge >= 0.3 is 0 Å². The minimum atomic E-state index is 0.279. The first-order valence-electron chi connectivity index (χ1n) is 6.56. The molecule has 1 saturated heterocycles. The van der Waals surface area contributed by atoms with Crippen LogP contribution in [-0.2, 0) is 11.2 Å². The highest BCUT2D eigenvalue weighted by Crippen LogP contribution is 2.20. The third-order valence-electron chi connectivity index (χ3n) is 3.53. The first-order chi connectivity index (χ1) is 8.75. The smallest absolute Gasteiger partial charge is 0.137 e. The molecule has 98 valence electrons. The second kappa shape index (κ2) is 6.86. The lowest BCUT2D eigenvalue weighted by Gasteiger charge is -2.22. The molecular weight excluding hydrogens is 248 g/mol. The number of pyridine rings is 1. The molecule has 0 aliphatic carbocycles. The van der Waals surface area contributed by atoms with Gasteiger partial charge in [-0.25, -0.2) is 0 Å². The highest BCUT2D eigenvalue weighted by atomic mass is 35.5. The Labute approximate surface area is 113 Å². The Kier molecular flexibility index (Phi) is 5.14. The molecule has 0 radical (unpaired) electrons. The van der Waals surface area contributed by atoms with E-state index >= 15 is 0 Å². The lowest BCUT2D eigenvalue weighted by Crippen LogP contribution is -2.28. The number of piperidine rings is 1. The number of halogens is 1. The minimum absolute atomic E-state index is 0.279. The number of hydrogen-bond acceptors (Lipinski definition) is 3. The summed E-state index contributed by atoms with van der Waals surface area (Å²) < 4.78 is 0. The Balaban J connectivity index is 1.76. The topological polar surface area (TPSA) is 42.0 Å². The quantitative estimate of drug-likeness (QED) is 0.891. The third kappa shape index (κ3) is 4.07. The second-order valence-corrected chi connectivity index (χ2v) is 5.32. The number of ketones is 1. The van der Waals surface area contributed by atoms with Crippen LogP contribution in [0, 0.1) is 5.92 Å². The molecule has 0 saturated carbocycles. The van der Waals surface area contributed by atoms with Gasteiger partial charge in [-0.05, 0) is 49.9 Å². The van der Waals surface area contributed by atoms with Gasteiger partial charge in [0.1, 0.15) is 5.78 Å². The molecule has 2 heterocycles. The summed E-state index contributed by atoms with van der Waals surface area (Å²) in [7, 11) is 0. The molecule has 3 nitrogen and oxygen atoms in total. The molecule has 1 aliphatic rings. The fourth-order valence-electron chi connectivity index (χ4n) is 2.38. The zero-order valence-corrected chi connectivity index (χ0v) is 11.2. The highest BCUT2D eigenvalue weighted by Gasteiger charge is 2.15. The van der Waals surface area contributed by atoms with Crippen LogP contribution >= 0.6 is 11.6 Å². The van der Waals surface area contributed by atoms with Gasteiger partial charge in [0.05, 0.1) is 5.02 Å². The van der Waals surface area contributed by atoms with Crippen LogP contribution in [-0.4, -0.2) is 23.9 Å². The third-order valence-corrected chi connectivity index (χ3v) is 3.87. The van der Waals surface area contributed by atoms with Crippen molar-refractivity contribution in [1.82, 2.24) is 10.3 Å². The number of Topliss-reactive ketones (excluding diaryl/α,β-unsaturated/α-hetero) is 1. The average molecular weight is 267 g/mol. The zero-order chi connectivity index (χ0) is 12.8. The van der Waals surface area contributed by atoms with Crippen molar-refractivity contribution in [2.24, 2.45) is 5.92 Å². The predicted molar refractivity (Wildman–Crippen MR) is 72.8 cm³/mol. The van der Waals surface area contributed by atoms with Crippen LogP contribution in [0.25, 0.3) is 0 Å². The van der Waals surface area contributed by atoms with Crippen LogP contribution < -0.4 is 5.32 Å². The molecule has 1 fully saturated rings. The summed E-state index contributed by atoms with van der Waals surface area (Å²) in [6.07, 6.45) is 7.80. The Morgan fingerprint density at radius 3 is 2.94 bits per heavy atom. The van der Waals surface area contributed by atoms with Gasteiger partial charge in [-0.1, -0.05) is 11.6 Å². The number of nitrogens with zero attached hydrogens (tertiary/aromatic N) is 1.